The van der Waals surface area contributed by atoms with E-state index >= 15 is 0 Å². The van der Waals surface area contributed by atoms with Gasteiger partial charge in [0.1, 0.15) is 11.5 Å². The fourth-order valence-electron chi connectivity index (χ4n) is 4.50. The van der Waals surface area contributed by atoms with Crippen molar-refractivity contribution in [2.45, 2.75) is 11.8 Å². The van der Waals surface area contributed by atoms with Gasteiger partial charge in [-0.25, -0.2) is 4.99 Å². The van der Waals surface area contributed by atoms with Crippen LogP contribution < -0.4 is 15.5 Å². The second-order valence-corrected chi connectivity index (χ2v) is 6.82. The largest absolute Gasteiger partial charge is 0.457 e. The van der Waals surface area contributed by atoms with Crippen LogP contribution in [0.15, 0.2) is 54.6 Å². The summed E-state index contributed by atoms with van der Waals surface area (Å²) in [6, 6.07) is 21.2. The number of nitrogens with one attached hydrogen (secondary N) is 1. The van der Waals surface area contributed by atoms with E-state index in [4.69, 9.17) is 19.9 Å². The molecule has 1 saturated carbocycles. The minimum absolute atomic E-state index is 0.166. The number of hydrogen-bond acceptors (Lipinski definition) is 6. The maximum absolute atomic E-state index is 10.1. The molecule has 1 aliphatic carbocycles. The van der Waals surface area contributed by atoms with Gasteiger partial charge in [-0.15, -0.1) is 0 Å². The van der Waals surface area contributed by atoms with Crippen LogP contribution in [0.25, 0.3) is 0 Å². The molecule has 1 heterocycles. The lowest BCUT2D eigenvalue weighted by Gasteiger charge is -2.26. The van der Waals surface area contributed by atoms with Gasteiger partial charge >= 0.3 is 5.91 Å². The maximum atomic E-state index is 10.1. The molecule has 2 aliphatic rings. The van der Waals surface area contributed by atoms with Crippen LogP contribution in [0.1, 0.15) is 11.5 Å². The molecule has 0 amide bonds. The SMILES string of the molecule is COC1(OC)[NH+]=C(N)[C@@]2(C#N)[C@@H](c3cccc(Oc4ccccc4)c3)[C@@]12C#N. The van der Waals surface area contributed by atoms with Gasteiger partial charge in [0.05, 0.1) is 12.1 Å². The number of benzene rings is 2. The highest BCUT2D eigenvalue weighted by atomic mass is 16.7. The average Bonchev–Trinajstić information content (AvgIpc) is 3.31. The first kappa shape index (κ1) is 18.0. The van der Waals surface area contributed by atoms with Gasteiger partial charge in [0, 0.05) is 20.1 Å². The van der Waals surface area contributed by atoms with Gasteiger partial charge in [-0.1, -0.05) is 30.3 Å². The molecule has 0 bridgehead atoms. The van der Waals surface area contributed by atoms with Crippen molar-refractivity contribution in [3.8, 4) is 23.6 Å². The molecule has 0 radical (unpaired) electrons. The highest BCUT2D eigenvalue weighted by Gasteiger charge is 2.96. The molecule has 0 spiro atoms. The Labute approximate surface area is 162 Å². The quantitative estimate of drug-likeness (QED) is 0.753. The van der Waals surface area contributed by atoms with E-state index in [0.29, 0.717) is 11.5 Å². The van der Waals surface area contributed by atoms with Crippen molar-refractivity contribution < 1.29 is 19.2 Å². The maximum Gasteiger partial charge on any atom is 0.342 e. The molecule has 1 aliphatic heterocycles. The van der Waals surface area contributed by atoms with Crippen molar-refractivity contribution >= 4 is 5.84 Å². The van der Waals surface area contributed by atoms with E-state index in [2.05, 4.69) is 17.1 Å². The van der Waals surface area contributed by atoms with Crippen LogP contribution in [0.3, 0.4) is 0 Å². The van der Waals surface area contributed by atoms with Gasteiger partial charge in [-0.05, 0) is 29.8 Å². The third-order valence-electron chi connectivity index (χ3n) is 5.75. The van der Waals surface area contributed by atoms with E-state index in [-0.39, 0.29) is 5.84 Å². The van der Waals surface area contributed by atoms with Crippen LogP contribution in [0.2, 0.25) is 0 Å². The number of rotatable bonds is 5. The van der Waals surface area contributed by atoms with Crippen LogP contribution in [0, 0.1) is 33.5 Å². The number of fused-ring (bicyclic) bond motifs is 1. The van der Waals surface area contributed by atoms with Crippen molar-refractivity contribution in [2.24, 2.45) is 16.6 Å². The predicted octanol–water partition coefficient (Wildman–Crippen LogP) is 0.994. The standard InChI is InChI=1S/C21H18N4O3/c1-26-21(27-2)20(13-23)17(19(20,12-22)18(24)25-21)14-7-6-10-16(11-14)28-15-8-4-3-5-9-15/h3-11,17H,1-2H3,(H2,24,25)/p+1/t17-,19-,20-/m1/s1. The molecule has 140 valence electrons. The van der Waals surface area contributed by atoms with Crippen LogP contribution in [0.4, 0.5) is 0 Å². The second kappa shape index (κ2) is 6.07. The molecular formula is C21H19N4O3+. The van der Waals surface area contributed by atoms with Crippen LogP contribution in [-0.4, -0.2) is 26.0 Å². The highest BCUT2D eigenvalue weighted by Crippen LogP contribution is 2.78. The van der Waals surface area contributed by atoms with E-state index in [1.54, 1.807) is 0 Å². The normalized spacial score (nSPS) is 29.1. The zero-order valence-corrected chi connectivity index (χ0v) is 15.5. The Kier molecular flexibility index (Phi) is 3.90. The van der Waals surface area contributed by atoms with Crippen molar-refractivity contribution in [2.75, 3.05) is 14.2 Å². The number of para-hydroxylation sites is 1. The van der Waals surface area contributed by atoms with Crippen LogP contribution in [-0.2, 0) is 9.47 Å². The van der Waals surface area contributed by atoms with E-state index in [9.17, 15) is 10.5 Å². The van der Waals surface area contributed by atoms with Gasteiger partial charge in [0.15, 0.2) is 10.8 Å². The van der Waals surface area contributed by atoms with Gasteiger partial charge in [-0.3, -0.25) is 5.73 Å². The first-order chi connectivity index (χ1) is 13.5. The van der Waals surface area contributed by atoms with E-state index in [1.165, 1.54) is 14.2 Å². The van der Waals surface area contributed by atoms with Gasteiger partial charge in [-0.2, -0.15) is 10.5 Å². The molecular weight excluding hydrogens is 356 g/mol. The Balaban J connectivity index is 1.79. The Morgan fingerprint density at radius 2 is 1.64 bits per heavy atom. The van der Waals surface area contributed by atoms with Crippen molar-refractivity contribution in [3.63, 3.8) is 0 Å². The molecule has 0 aromatic heterocycles. The monoisotopic (exact) mass is 375 g/mol. The van der Waals surface area contributed by atoms with Gasteiger partial charge < -0.3 is 14.2 Å². The number of hydrogen-bond donors (Lipinski definition) is 2. The minimum Gasteiger partial charge on any atom is -0.457 e. The molecule has 3 atom stereocenters. The lowest BCUT2D eigenvalue weighted by atomic mass is 9.93. The fourth-order valence-corrected chi connectivity index (χ4v) is 4.50. The third kappa shape index (κ3) is 1.95. The van der Waals surface area contributed by atoms with E-state index in [1.807, 2.05) is 54.6 Å². The average molecular weight is 375 g/mol. The summed E-state index contributed by atoms with van der Waals surface area (Å²) < 4.78 is 17.0. The van der Waals surface area contributed by atoms with Crippen molar-refractivity contribution in [1.82, 2.24) is 0 Å². The summed E-state index contributed by atoms with van der Waals surface area (Å²) in [5.41, 5.74) is 4.34. The molecule has 2 aromatic carbocycles. The lowest BCUT2D eigenvalue weighted by molar-refractivity contribution is -0.687. The zero-order valence-electron chi connectivity index (χ0n) is 15.5. The summed E-state index contributed by atoms with van der Waals surface area (Å²) in [7, 11) is 2.83. The lowest BCUT2D eigenvalue weighted by Crippen LogP contribution is -2.90. The van der Waals surface area contributed by atoms with Crippen molar-refractivity contribution in [1.29, 1.82) is 10.5 Å². The summed E-state index contributed by atoms with van der Waals surface area (Å²) in [5, 5.41) is 20.1. The summed E-state index contributed by atoms with van der Waals surface area (Å²) in [6.45, 7) is 0. The Hall–Kier alpha value is -3.39. The molecule has 0 saturated heterocycles. The topological polar surface area (TPSA) is 115 Å². The van der Waals surface area contributed by atoms with Crippen LogP contribution in [0.5, 0.6) is 11.5 Å². The number of nitrogens with two attached hydrogens (primary N) is 1. The van der Waals surface area contributed by atoms with Crippen LogP contribution >= 0.6 is 0 Å². The summed E-state index contributed by atoms with van der Waals surface area (Å²) >= 11 is 0. The summed E-state index contributed by atoms with van der Waals surface area (Å²) in [4.78, 5) is 2.88. The third-order valence-corrected chi connectivity index (χ3v) is 5.75. The summed E-state index contributed by atoms with van der Waals surface area (Å²) in [5.74, 6) is -0.587. The Morgan fingerprint density at radius 1 is 0.964 bits per heavy atom. The molecule has 0 unspecified atom stereocenters. The zero-order chi connectivity index (χ0) is 20.0. The van der Waals surface area contributed by atoms with E-state index < -0.39 is 22.7 Å². The Morgan fingerprint density at radius 3 is 2.25 bits per heavy atom. The first-order valence-electron chi connectivity index (χ1n) is 8.72. The van der Waals surface area contributed by atoms with Gasteiger partial charge in [0.25, 0.3) is 5.84 Å². The summed E-state index contributed by atoms with van der Waals surface area (Å²) in [6.07, 6.45) is 0. The molecule has 7 nitrogen and oxygen atoms in total. The Bertz CT molecular complexity index is 1040. The molecule has 2 aromatic rings. The van der Waals surface area contributed by atoms with E-state index in [0.717, 1.165) is 5.56 Å². The molecule has 1 fully saturated rings. The molecule has 28 heavy (non-hydrogen) atoms. The number of nitrogens with zero attached hydrogens (tertiary/aromatic N) is 2. The number of nitriles is 2. The molecule has 7 heteroatoms. The molecule has 3 N–H and O–H groups in total. The van der Waals surface area contributed by atoms with Gasteiger partial charge in [0.2, 0.25) is 0 Å². The minimum atomic E-state index is -1.51. The number of ether oxygens (including phenoxy) is 3. The first-order valence-corrected chi connectivity index (χ1v) is 8.72. The molecule has 4 rings (SSSR count). The fraction of sp³-hybridized carbons (Fsp3) is 0.286. The van der Waals surface area contributed by atoms with Crippen molar-refractivity contribution in [3.05, 3.63) is 60.2 Å². The predicted molar refractivity (Wildman–Crippen MR) is 98.7 cm³/mol. The highest BCUT2D eigenvalue weighted by molar-refractivity contribution is 5.95. The number of amidine groups is 1. The smallest absolute Gasteiger partial charge is 0.342 e. The number of methoxy groups -OCH3 is 2. The second-order valence-electron chi connectivity index (χ2n) is 6.82.